The van der Waals surface area contributed by atoms with Gasteiger partial charge in [-0.05, 0) is 30.5 Å². The topological polar surface area (TPSA) is 41.9 Å². The molecule has 2 fully saturated rings. The molecule has 0 aromatic heterocycles. The fraction of sp³-hybridized carbons (Fsp3) is 0.625. The molecule has 1 saturated carbocycles. The van der Waals surface area contributed by atoms with Gasteiger partial charge in [0.05, 0.1) is 32.0 Å². The average molecular weight is 356 g/mol. The fourth-order valence-corrected chi connectivity index (χ4v) is 3.46. The first-order valence-electron chi connectivity index (χ1n) is 7.60. The van der Waals surface area contributed by atoms with E-state index in [-0.39, 0.29) is 12.1 Å². The first kappa shape index (κ1) is 15.4. The number of morpholine rings is 1. The zero-order valence-electron chi connectivity index (χ0n) is 12.1. The van der Waals surface area contributed by atoms with E-state index in [9.17, 15) is 5.11 Å². The van der Waals surface area contributed by atoms with Crippen molar-refractivity contribution in [3.05, 3.63) is 34.3 Å². The molecule has 0 spiro atoms. The Morgan fingerprint density at radius 2 is 1.90 bits per heavy atom. The summed E-state index contributed by atoms with van der Waals surface area (Å²) in [6.07, 6.45) is 1.49. The summed E-state index contributed by atoms with van der Waals surface area (Å²) < 4.78 is 12.4. The van der Waals surface area contributed by atoms with Gasteiger partial charge in [-0.1, -0.05) is 28.1 Å². The van der Waals surface area contributed by atoms with E-state index in [1.54, 1.807) is 0 Å². The van der Waals surface area contributed by atoms with E-state index in [0.717, 1.165) is 49.2 Å². The normalized spacial score (nSPS) is 30.7. The summed E-state index contributed by atoms with van der Waals surface area (Å²) >= 11 is 3.43. The summed E-state index contributed by atoms with van der Waals surface area (Å²) in [6.45, 7) is 3.94. The molecule has 0 radical (unpaired) electrons. The largest absolute Gasteiger partial charge is 0.389 e. The third kappa shape index (κ3) is 3.85. The second kappa shape index (κ2) is 7.20. The standard InChI is InChI=1S/C16H22BrNO3/c17-13-3-1-12(2-4-13)11-21-15-6-5-14(16(15)19)18-7-9-20-10-8-18/h1-4,14-16,19H,5-11H2. The second-order valence-corrected chi connectivity index (χ2v) is 6.68. The van der Waals surface area contributed by atoms with Crippen LogP contribution in [0.1, 0.15) is 18.4 Å². The summed E-state index contributed by atoms with van der Waals surface area (Å²) in [5.41, 5.74) is 1.14. The van der Waals surface area contributed by atoms with Crippen molar-refractivity contribution in [1.82, 2.24) is 4.90 Å². The average Bonchev–Trinajstić information content (AvgIpc) is 2.89. The molecule has 1 aliphatic carbocycles. The highest BCUT2D eigenvalue weighted by Crippen LogP contribution is 2.28. The number of nitrogens with zero attached hydrogens (tertiary/aromatic N) is 1. The number of hydrogen-bond acceptors (Lipinski definition) is 4. The minimum atomic E-state index is -0.390. The van der Waals surface area contributed by atoms with Crippen molar-refractivity contribution in [3.8, 4) is 0 Å². The molecule has 1 N–H and O–H groups in total. The third-order valence-corrected chi connectivity index (χ3v) is 4.94. The monoisotopic (exact) mass is 355 g/mol. The molecule has 21 heavy (non-hydrogen) atoms. The second-order valence-electron chi connectivity index (χ2n) is 5.76. The van der Waals surface area contributed by atoms with E-state index < -0.39 is 6.10 Å². The van der Waals surface area contributed by atoms with Crippen LogP contribution in [0.5, 0.6) is 0 Å². The molecule has 1 saturated heterocycles. The van der Waals surface area contributed by atoms with Crippen molar-refractivity contribution in [2.24, 2.45) is 0 Å². The Kier molecular flexibility index (Phi) is 5.29. The van der Waals surface area contributed by atoms with E-state index in [1.165, 1.54) is 0 Å². The predicted octanol–water partition coefficient (Wildman–Crippen LogP) is 2.19. The van der Waals surface area contributed by atoms with Gasteiger partial charge in [0.1, 0.15) is 0 Å². The maximum absolute atomic E-state index is 10.5. The molecule has 2 aliphatic rings. The van der Waals surface area contributed by atoms with Crippen LogP contribution < -0.4 is 0 Å². The van der Waals surface area contributed by atoms with Crippen LogP contribution in [-0.4, -0.2) is 54.6 Å². The minimum absolute atomic E-state index is 0.0542. The van der Waals surface area contributed by atoms with Crippen LogP contribution in [0.2, 0.25) is 0 Å². The fourth-order valence-electron chi connectivity index (χ4n) is 3.20. The quantitative estimate of drug-likeness (QED) is 0.898. The molecule has 4 nitrogen and oxygen atoms in total. The summed E-state index contributed by atoms with van der Waals surface area (Å²) in [5, 5.41) is 10.5. The first-order chi connectivity index (χ1) is 10.2. The minimum Gasteiger partial charge on any atom is -0.389 e. The van der Waals surface area contributed by atoms with Gasteiger partial charge in [0, 0.05) is 23.6 Å². The molecule has 1 aromatic carbocycles. The van der Waals surface area contributed by atoms with Gasteiger partial charge in [0.15, 0.2) is 0 Å². The van der Waals surface area contributed by atoms with Gasteiger partial charge in [-0.2, -0.15) is 0 Å². The van der Waals surface area contributed by atoms with Crippen LogP contribution in [0.3, 0.4) is 0 Å². The Hall–Kier alpha value is -0.460. The van der Waals surface area contributed by atoms with Crippen LogP contribution in [-0.2, 0) is 16.1 Å². The van der Waals surface area contributed by atoms with Gasteiger partial charge < -0.3 is 14.6 Å². The Morgan fingerprint density at radius 3 is 2.62 bits per heavy atom. The van der Waals surface area contributed by atoms with Gasteiger partial charge in [-0.15, -0.1) is 0 Å². The van der Waals surface area contributed by atoms with Gasteiger partial charge in [0.25, 0.3) is 0 Å². The first-order valence-corrected chi connectivity index (χ1v) is 8.39. The van der Waals surface area contributed by atoms with Crippen molar-refractivity contribution in [3.63, 3.8) is 0 Å². The van der Waals surface area contributed by atoms with Gasteiger partial charge >= 0.3 is 0 Å². The maximum atomic E-state index is 10.5. The zero-order valence-corrected chi connectivity index (χ0v) is 13.7. The lowest BCUT2D eigenvalue weighted by molar-refractivity contribution is -0.0641. The molecule has 1 aromatic rings. The third-order valence-electron chi connectivity index (χ3n) is 4.41. The van der Waals surface area contributed by atoms with Crippen molar-refractivity contribution >= 4 is 15.9 Å². The number of halogens is 1. The number of rotatable bonds is 4. The number of aliphatic hydroxyl groups is 1. The number of hydrogen-bond donors (Lipinski definition) is 1. The lowest BCUT2D eigenvalue weighted by Crippen LogP contribution is -2.48. The molecule has 1 aliphatic heterocycles. The molecule has 3 atom stereocenters. The zero-order chi connectivity index (χ0) is 14.7. The van der Waals surface area contributed by atoms with E-state index in [2.05, 4.69) is 20.8 Å². The molecular formula is C16H22BrNO3. The Bertz CT molecular complexity index is 447. The Morgan fingerprint density at radius 1 is 1.19 bits per heavy atom. The van der Waals surface area contributed by atoms with Crippen LogP contribution in [0.15, 0.2) is 28.7 Å². The number of benzene rings is 1. The van der Waals surface area contributed by atoms with Gasteiger partial charge in [-0.25, -0.2) is 0 Å². The smallest absolute Gasteiger partial charge is 0.0956 e. The molecular weight excluding hydrogens is 334 g/mol. The lowest BCUT2D eigenvalue weighted by atomic mass is 10.1. The van der Waals surface area contributed by atoms with E-state index >= 15 is 0 Å². The van der Waals surface area contributed by atoms with Crippen molar-refractivity contribution in [2.45, 2.75) is 37.7 Å². The Balaban J connectivity index is 1.51. The SMILES string of the molecule is OC1C(OCc2ccc(Br)cc2)CCC1N1CCOCC1. The predicted molar refractivity (Wildman–Crippen MR) is 84.1 cm³/mol. The van der Waals surface area contributed by atoms with Crippen molar-refractivity contribution < 1.29 is 14.6 Å². The highest BCUT2D eigenvalue weighted by molar-refractivity contribution is 9.10. The molecule has 116 valence electrons. The van der Waals surface area contributed by atoms with Crippen molar-refractivity contribution in [1.29, 1.82) is 0 Å². The molecule has 3 unspecified atom stereocenters. The van der Waals surface area contributed by atoms with Gasteiger partial charge in [0.2, 0.25) is 0 Å². The van der Waals surface area contributed by atoms with Gasteiger partial charge in [-0.3, -0.25) is 4.90 Å². The summed E-state index contributed by atoms with van der Waals surface area (Å²) in [7, 11) is 0. The highest BCUT2D eigenvalue weighted by Gasteiger charge is 2.39. The van der Waals surface area contributed by atoms with Crippen LogP contribution in [0.25, 0.3) is 0 Å². The number of aliphatic hydroxyl groups excluding tert-OH is 1. The lowest BCUT2D eigenvalue weighted by Gasteiger charge is -2.34. The summed E-state index contributed by atoms with van der Waals surface area (Å²) in [6, 6.07) is 8.35. The van der Waals surface area contributed by atoms with Crippen molar-refractivity contribution in [2.75, 3.05) is 26.3 Å². The maximum Gasteiger partial charge on any atom is 0.0956 e. The molecule has 5 heteroatoms. The molecule has 3 rings (SSSR count). The molecule has 1 heterocycles. The summed E-state index contributed by atoms with van der Waals surface area (Å²) in [4.78, 5) is 2.34. The van der Waals surface area contributed by atoms with Crippen LogP contribution >= 0.6 is 15.9 Å². The summed E-state index contributed by atoms with van der Waals surface area (Å²) in [5.74, 6) is 0. The van der Waals surface area contributed by atoms with Crippen LogP contribution in [0.4, 0.5) is 0 Å². The highest BCUT2D eigenvalue weighted by atomic mass is 79.9. The van der Waals surface area contributed by atoms with E-state index in [0.29, 0.717) is 6.61 Å². The molecule has 0 bridgehead atoms. The Labute approximate surface area is 134 Å². The van der Waals surface area contributed by atoms with Crippen LogP contribution in [0, 0.1) is 0 Å². The van der Waals surface area contributed by atoms with E-state index in [4.69, 9.17) is 9.47 Å². The van der Waals surface area contributed by atoms with E-state index in [1.807, 2.05) is 24.3 Å². The number of ether oxygens (including phenoxy) is 2. The molecule has 0 amide bonds.